The minimum atomic E-state index is -0.296. The fourth-order valence-corrected chi connectivity index (χ4v) is 2.03. The van der Waals surface area contributed by atoms with Gasteiger partial charge in [0.1, 0.15) is 5.69 Å². The Morgan fingerprint density at radius 3 is 2.67 bits per heavy atom. The first-order valence-electron chi connectivity index (χ1n) is 6.01. The molecule has 18 heavy (non-hydrogen) atoms. The maximum atomic E-state index is 11.7. The lowest BCUT2D eigenvalue weighted by molar-refractivity contribution is 0.0588. The highest BCUT2D eigenvalue weighted by atomic mass is 16.5. The van der Waals surface area contributed by atoms with Crippen LogP contribution in [-0.2, 0) is 11.3 Å². The fraction of sp³-hybridized carbons (Fsp3) is 0.267. The second kappa shape index (κ2) is 5.08. The first-order valence-corrected chi connectivity index (χ1v) is 6.01. The summed E-state index contributed by atoms with van der Waals surface area (Å²) < 4.78 is 6.70. The molecule has 0 saturated carbocycles. The fourth-order valence-electron chi connectivity index (χ4n) is 2.03. The molecule has 0 saturated heterocycles. The summed E-state index contributed by atoms with van der Waals surface area (Å²) in [6.07, 6.45) is 1.99. The van der Waals surface area contributed by atoms with E-state index < -0.39 is 0 Å². The van der Waals surface area contributed by atoms with Crippen molar-refractivity contribution in [3.05, 3.63) is 47.8 Å². The first-order chi connectivity index (χ1) is 8.65. The molecule has 0 unspecified atom stereocenters. The second-order valence-electron chi connectivity index (χ2n) is 4.26. The van der Waals surface area contributed by atoms with Crippen LogP contribution in [0.1, 0.15) is 23.0 Å². The van der Waals surface area contributed by atoms with Gasteiger partial charge in [0, 0.05) is 18.3 Å². The molecule has 0 aliphatic carbocycles. The monoisotopic (exact) mass is 243 g/mol. The zero-order valence-electron chi connectivity index (χ0n) is 10.9. The van der Waals surface area contributed by atoms with Crippen molar-refractivity contribution >= 4 is 5.97 Å². The molecular formula is C15H17NO2. The maximum absolute atomic E-state index is 11.7. The van der Waals surface area contributed by atoms with Gasteiger partial charge in [0.15, 0.2) is 0 Å². The highest BCUT2D eigenvalue weighted by Crippen LogP contribution is 2.23. The van der Waals surface area contributed by atoms with Gasteiger partial charge < -0.3 is 9.30 Å². The summed E-state index contributed by atoms with van der Waals surface area (Å²) in [7, 11) is 1.40. The molecule has 0 bridgehead atoms. The van der Waals surface area contributed by atoms with Crippen molar-refractivity contribution in [2.75, 3.05) is 7.11 Å². The zero-order valence-corrected chi connectivity index (χ0v) is 10.9. The normalized spacial score (nSPS) is 10.4. The number of nitrogens with zero attached hydrogens (tertiary/aromatic N) is 1. The molecule has 0 aliphatic rings. The van der Waals surface area contributed by atoms with Crippen LogP contribution in [0.2, 0.25) is 0 Å². The van der Waals surface area contributed by atoms with Gasteiger partial charge in [-0.1, -0.05) is 29.8 Å². The zero-order chi connectivity index (χ0) is 13.1. The lowest BCUT2D eigenvalue weighted by atomic mass is 10.1. The van der Waals surface area contributed by atoms with Gasteiger partial charge in [0.25, 0.3) is 0 Å². The van der Waals surface area contributed by atoms with E-state index in [4.69, 9.17) is 4.74 Å². The summed E-state index contributed by atoms with van der Waals surface area (Å²) >= 11 is 0. The molecule has 1 heterocycles. The van der Waals surface area contributed by atoms with E-state index in [1.165, 1.54) is 12.7 Å². The number of ether oxygens (including phenoxy) is 1. The van der Waals surface area contributed by atoms with Crippen molar-refractivity contribution in [1.82, 2.24) is 4.57 Å². The Bertz CT molecular complexity index is 570. The number of methoxy groups -OCH3 is 1. The van der Waals surface area contributed by atoms with Crippen LogP contribution in [0.25, 0.3) is 11.1 Å². The van der Waals surface area contributed by atoms with Crippen LogP contribution in [0.4, 0.5) is 0 Å². The van der Waals surface area contributed by atoms with Crippen LogP contribution >= 0.6 is 0 Å². The van der Waals surface area contributed by atoms with Gasteiger partial charge in [0.05, 0.1) is 7.11 Å². The Morgan fingerprint density at radius 2 is 2.06 bits per heavy atom. The molecule has 0 fully saturated rings. The molecule has 0 atom stereocenters. The van der Waals surface area contributed by atoms with Crippen molar-refractivity contribution in [1.29, 1.82) is 0 Å². The van der Waals surface area contributed by atoms with Crippen LogP contribution in [0.3, 0.4) is 0 Å². The summed E-state index contributed by atoms with van der Waals surface area (Å²) in [5, 5.41) is 0. The maximum Gasteiger partial charge on any atom is 0.354 e. The lowest BCUT2D eigenvalue weighted by Crippen LogP contribution is -2.08. The molecule has 0 amide bonds. The number of hydrogen-bond donors (Lipinski definition) is 0. The number of rotatable bonds is 3. The Kier molecular flexibility index (Phi) is 3.51. The smallest absolute Gasteiger partial charge is 0.354 e. The molecule has 94 valence electrons. The third-order valence-corrected chi connectivity index (χ3v) is 2.98. The van der Waals surface area contributed by atoms with Crippen LogP contribution in [-0.4, -0.2) is 17.6 Å². The summed E-state index contributed by atoms with van der Waals surface area (Å²) in [5.74, 6) is -0.296. The number of benzene rings is 1. The van der Waals surface area contributed by atoms with Crippen LogP contribution in [0, 0.1) is 6.92 Å². The van der Waals surface area contributed by atoms with Crippen molar-refractivity contribution in [2.45, 2.75) is 20.4 Å². The Morgan fingerprint density at radius 1 is 1.28 bits per heavy atom. The van der Waals surface area contributed by atoms with E-state index in [0.29, 0.717) is 5.69 Å². The van der Waals surface area contributed by atoms with E-state index in [1.54, 1.807) is 0 Å². The summed E-state index contributed by atoms with van der Waals surface area (Å²) in [6.45, 7) is 4.81. The number of esters is 1. The molecule has 0 radical (unpaired) electrons. The average Bonchev–Trinajstić information content (AvgIpc) is 2.82. The predicted molar refractivity (Wildman–Crippen MR) is 71.6 cm³/mol. The molecule has 3 nitrogen and oxygen atoms in total. The third kappa shape index (κ3) is 2.30. The van der Waals surface area contributed by atoms with Gasteiger partial charge >= 0.3 is 5.97 Å². The largest absolute Gasteiger partial charge is 0.464 e. The summed E-state index contributed by atoms with van der Waals surface area (Å²) in [6, 6.07) is 10.1. The summed E-state index contributed by atoms with van der Waals surface area (Å²) in [4.78, 5) is 11.7. The minimum absolute atomic E-state index is 0.296. The highest BCUT2D eigenvalue weighted by Gasteiger charge is 2.13. The minimum Gasteiger partial charge on any atom is -0.464 e. The number of aryl methyl sites for hydroxylation is 2. The SMILES string of the molecule is CCn1cc(-c2cccc(C)c2)cc1C(=O)OC. The van der Waals surface area contributed by atoms with Gasteiger partial charge in [0.2, 0.25) is 0 Å². The van der Waals surface area contributed by atoms with Gasteiger partial charge in [-0.15, -0.1) is 0 Å². The highest BCUT2D eigenvalue weighted by molar-refractivity contribution is 5.89. The van der Waals surface area contributed by atoms with E-state index in [9.17, 15) is 4.79 Å². The second-order valence-corrected chi connectivity index (χ2v) is 4.26. The molecule has 1 aromatic heterocycles. The molecule has 3 heteroatoms. The van der Waals surface area contributed by atoms with Crippen LogP contribution in [0.15, 0.2) is 36.5 Å². The van der Waals surface area contributed by atoms with Crippen LogP contribution < -0.4 is 0 Å². The molecule has 0 aliphatic heterocycles. The van der Waals surface area contributed by atoms with E-state index >= 15 is 0 Å². The number of hydrogen-bond acceptors (Lipinski definition) is 2. The quantitative estimate of drug-likeness (QED) is 0.775. The Balaban J connectivity index is 2.47. The van der Waals surface area contributed by atoms with Gasteiger partial charge in [-0.2, -0.15) is 0 Å². The van der Waals surface area contributed by atoms with E-state index in [0.717, 1.165) is 17.7 Å². The molecule has 2 rings (SSSR count). The van der Waals surface area contributed by atoms with E-state index in [-0.39, 0.29) is 5.97 Å². The average molecular weight is 243 g/mol. The van der Waals surface area contributed by atoms with Gasteiger partial charge in [-0.05, 0) is 25.5 Å². The number of carbonyl (C=O) groups excluding carboxylic acids is 1. The summed E-state index contributed by atoms with van der Waals surface area (Å²) in [5.41, 5.74) is 3.96. The molecular weight excluding hydrogens is 226 g/mol. The lowest BCUT2D eigenvalue weighted by Gasteiger charge is -2.02. The number of aromatic nitrogens is 1. The third-order valence-electron chi connectivity index (χ3n) is 2.98. The van der Waals surface area contributed by atoms with Crippen molar-refractivity contribution in [3.63, 3.8) is 0 Å². The molecule has 0 N–H and O–H groups in total. The van der Waals surface area contributed by atoms with Crippen molar-refractivity contribution in [2.24, 2.45) is 0 Å². The predicted octanol–water partition coefficient (Wildman–Crippen LogP) is 3.27. The Hall–Kier alpha value is -2.03. The topological polar surface area (TPSA) is 31.2 Å². The van der Waals surface area contributed by atoms with E-state index in [2.05, 4.69) is 19.1 Å². The molecule has 2 aromatic rings. The number of carbonyl (C=O) groups is 1. The van der Waals surface area contributed by atoms with Crippen molar-refractivity contribution in [3.8, 4) is 11.1 Å². The van der Waals surface area contributed by atoms with E-state index in [1.807, 2.05) is 35.9 Å². The van der Waals surface area contributed by atoms with Gasteiger partial charge in [-0.25, -0.2) is 4.79 Å². The standard InChI is InChI=1S/C15H17NO2/c1-4-16-10-13(9-14(16)15(17)18-3)12-7-5-6-11(2)8-12/h5-10H,4H2,1-3H3. The first kappa shape index (κ1) is 12.4. The van der Waals surface area contributed by atoms with Crippen LogP contribution in [0.5, 0.6) is 0 Å². The Labute approximate surface area is 107 Å². The molecule has 0 spiro atoms. The van der Waals surface area contributed by atoms with Gasteiger partial charge in [-0.3, -0.25) is 0 Å². The van der Waals surface area contributed by atoms with Crippen molar-refractivity contribution < 1.29 is 9.53 Å². The molecule has 1 aromatic carbocycles.